The van der Waals surface area contributed by atoms with Gasteiger partial charge in [0.15, 0.2) is 11.4 Å². The van der Waals surface area contributed by atoms with Crippen LogP contribution in [-0.4, -0.2) is 41.0 Å². The lowest BCUT2D eigenvalue weighted by molar-refractivity contribution is -0.384. The van der Waals surface area contributed by atoms with Crippen molar-refractivity contribution in [1.82, 2.24) is 9.88 Å². The Kier molecular flexibility index (Phi) is 4.61. The van der Waals surface area contributed by atoms with Crippen molar-refractivity contribution in [1.29, 1.82) is 0 Å². The van der Waals surface area contributed by atoms with E-state index in [9.17, 15) is 10.1 Å². The fraction of sp³-hybridized carbons (Fsp3) is 0.353. The van der Waals surface area contributed by atoms with Gasteiger partial charge in [-0.2, -0.15) is 0 Å². The normalized spacial score (nSPS) is 16.2. The van der Waals surface area contributed by atoms with E-state index in [4.69, 9.17) is 4.74 Å². The molecule has 1 saturated heterocycles. The molecular formula is C17H20N4O3. The molecule has 1 aromatic heterocycles. The maximum absolute atomic E-state index is 11.4. The number of hydrogen-bond acceptors (Lipinski definition) is 6. The van der Waals surface area contributed by atoms with Crippen LogP contribution in [0.5, 0.6) is 5.75 Å². The van der Waals surface area contributed by atoms with Crippen molar-refractivity contribution in [2.24, 2.45) is 0 Å². The molecule has 1 aliphatic rings. The largest absolute Gasteiger partial charge is 0.482 e. The molecule has 0 amide bonds. The highest BCUT2D eigenvalue weighted by Gasteiger charge is 2.28. The van der Waals surface area contributed by atoms with E-state index in [-0.39, 0.29) is 22.8 Å². The lowest BCUT2D eigenvalue weighted by Gasteiger charge is -2.37. The zero-order valence-corrected chi connectivity index (χ0v) is 13.7. The number of ether oxygens (including phenoxy) is 1. The van der Waals surface area contributed by atoms with Crippen LogP contribution in [0.3, 0.4) is 0 Å². The summed E-state index contributed by atoms with van der Waals surface area (Å²) < 4.78 is 5.98. The standard InChI is InChI=1S/C17H20N4O3/c1-12(14-6-3-4-9-18-14)24-16-8-5-7-15(21(22)23)17(16)19-13-10-20(2)11-13/h3-9,12-13,19H,10-11H2,1-2H3/t12-/m1/s1. The SMILES string of the molecule is C[C@@H](Oc1cccc([N+](=O)[O-])c1NC1CN(C)C1)c1ccccn1. The third-order valence-corrected chi connectivity index (χ3v) is 4.02. The minimum atomic E-state index is -0.386. The first kappa shape index (κ1) is 16.2. The molecule has 2 heterocycles. The van der Waals surface area contributed by atoms with Gasteiger partial charge in [-0.05, 0) is 32.2 Å². The van der Waals surface area contributed by atoms with E-state index < -0.39 is 0 Å². The zero-order valence-electron chi connectivity index (χ0n) is 13.7. The van der Waals surface area contributed by atoms with Crippen LogP contribution < -0.4 is 10.1 Å². The Labute approximate surface area is 140 Å². The molecule has 7 nitrogen and oxygen atoms in total. The Morgan fingerprint density at radius 3 is 2.75 bits per heavy atom. The van der Waals surface area contributed by atoms with Gasteiger partial charge >= 0.3 is 0 Å². The van der Waals surface area contributed by atoms with E-state index in [0.29, 0.717) is 11.4 Å². The van der Waals surface area contributed by atoms with Crippen molar-refractivity contribution in [3.8, 4) is 5.75 Å². The first-order chi connectivity index (χ1) is 11.5. The highest BCUT2D eigenvalue weighted by atomic mass is 16.6. The highest BCUT2D eigenvalue weighted by molar-refractivity contribution is 5.70. The van der Waals surface area contributed by atoms with Gasteiger partial charge in [0, 0.05) is 25.4 Å². The number of benzene rings is 1. The van der Waals surface area contributed by atoms with Crippen molar-refractivity contribution in [2.75, 3.05) is 25.5 Å². The van der Waals surface area contributed by atoms with E-state index in [2.05, 4.69) is 15.2 Å². The molecule has 3 rings (SSSR count). The molecule has 0 unspecified atom stereocenters. The van der Waals surface area contributed by atoms with Crippen LogP contribution in [-0.2, 0) is 0 Å². The molecule has 0 saturated carbocycles. The number of likely N-dealkylation sites (tertiary alicyclic amines) is 1. The van der Waals surface area contributed by atoms with Gasteiger partial charge in [-0.3, -0.25) is 15.1 Å². The third-order valence-electron chi connectivity index (χ3n) is 4.02. The first-order valence-corrected chi connectivity index (χ1v) is 7.84. The van der Waals surface area contributed by atoms with Crippen LogP contribution in [0.1, 0.15) is 18.7 Å². The van der Waals surface area contributed by atoms with Crippen LogP contribution >= 0.6 is 0 Å². The number of anilines is 1. The van der Waals surface area contributed by atoms with E-state index in [1.807, 2.05) is 32.2 Å². The predicted octanol–water partition coefficient (Wildman–Crippen LogP) is 2.86. The fourth-order valence-electron chi connectivity index (χ4n) is 2.78. The van der Waals surface area contributed by atoms with Gasteiger partial charge in [0.1, 0.15) is 6.10 Å². The summed E-state index contributed by atoms with van der Waals surface area (Å²) in [5.41, 5.74) is 1.23. The molecule has 1 aromatic carbocycles. The monoisotopic (exact) mass is 328 g/mol. The number of hydrogen-bond donors (Lipinski definition) is 1. The Bertz CT molecular complexity index is 717. The summed E-state index contributed by atoms with van der Waals surface area (Å²) in [6.45, 7) is 3.57. The number of nitro groups is 1. The number of likely N-dealkylation sites (N-methyl/N-ethyl adjacent to an activating group) is 1. The lowest BCUT2D eigenvalue weighted by Crippen LogP contribution is -2.52. The molecule has 1 fully saturated rings. The molecule has 0 bridgehead atoms. The van der Waals surface area contributed by atoms with Crippen LogP contribution in [0.4, 0.5) is 11.4 Å². The van der Waals surface area contributed by atoms with Gasteiger partial charge in [-0.15, -0.1) is 0 Å². The Hall–Kier alpha value is -2.67. The van der Waals surface area contributed by atoms with E-state index in [1.165, 1.54) is 6.07 Å². The summed E-state index contributed by atoms with van der Waals surface area (Å²) in [4.78, 5) is 17.4. The molecule has 0 radical (unpaired) electrons. The van der Waals surface area contributed by atoms with Gasteiger partial charge in [0.05, 0.1) is 16.7 Å². The molecule has 24 heavy (non-hydrogen) atoms. The maximum Gasteiger partial charge on any atom is 0.296 e. The molecular weight excluding hydrogens is 308 g/mol. The minimum Gasteiger partial charge on any atom is -0.482 e. The molecule has 1 N–H and O–H groups in total. The number of rotatable bonds is 6. The second-order valence-electron chi connectivity index (χ2n) is 5.98. The number of pyridine rings is 1. The highest BCUT2D eigenvalue weighted by Crippen LogP contribution is 2.37. The van der Waals surface area contributed by atoms with Gasteiger partial charge < -0.3 is 15.0 Å². The van der Waals surface area contributed by atoms with Crippen molar-refractivity contribution in [3.63, 3.8) is 0 Å². The first-order valence-electron chi connectivity index (χ1n) is 7.84. The van der Waals surface area contributed by atoms with Crippen molar-refractivity contribution < 1.29 is 9.66 Å². The third kappa shape index (κ3) is 3.46. The molecule has 1 atom stereocenters. The van der Waals surface area contributed by atoms with Crippen LogP contribution in [0.25, 0.3) is 0 Å². The molecule has 2 aromatic rings. The Morgan fingerprint density at radius 2 is 2.12 bits per heavy atom. The average molecular weight is 328 g/mol. The number of nitro benzene ring substituents is 1. The van der Waals surface area contributed by atoms with Crippen molar-refractivity contribution >= 4 is 11.4 Å². The summed E-state index contributed by atoms with van der Waals surface area (Å²) in [7, 11) is 2.01. The molecule has 0 spiro atoms. The summed E-state index contributed by atoms with van der Waals surface area (Å²) in [5, 5.41) is 14.6. The molecule has 0 aliphatic carbocycles. The topological polar surface area (TPSA) is 80.5 Å². The van der Waals surface area contributed by atoms with Crippen LogP contribution in [0.15, 0.2) is 42.6 Å². The van der Waals surface area contributed by atoms with Gasteiger partial charge in [0.2, 0.25) is 0 Å². The number of nitrogens with one attached hydrogen (secondary N) is 1. The van der Waals surface area contributed by atoms with Crippen molar-refractivity contribution in [2.45, 2.75) is 19.1 Å². The van der Waals surface area contributed by atoms with Crippen LogP contribution in [0, 0.1) is 10.1 Å². The molecule has 126 valence electrons. The fourth-order valence-corrected chi connectivity index (χ4v) is 2.78. The summed E-state index contributed by atoms with van der Waals surface area (Å²) in [6.07, 6.45) is 1.39. The molecule has 7 heteroatoms. The quantitative estimate of drug-likeness (QED) is 0.649. The second kappa shape index (κ2) is 6.84. The van der Waals surface area contributed by atoms with Gasteiger partial charge in [0.25, 0.3) is 5.69 Å². The number of nitrogens with zero attached hydrogens (tertiary/aromatic N) is 3. The minimum absolute atomic E-state index is 0.0234. The summed E-state index contributed by atoms with van der Waals surface area (Å²) >= 11 is 0. The van der Waals surface area contributed by atoms with Gasteiger partial charge in [-0.25, -0.2) is 0 Å². The van der Waals surface area contributed by atoms with E-state index in [1.54, 1.807) is 18.3 Å². The second-order valence-corrected chi connectivity index (χ2v) is 5.98. The van der Waals surface area contributed by atoms with Crippen molar-refractivity contribution in [3.05, 3.63) is 58.4 Å². The Balaban J connectivity index is 1.86. The average Bonchev–Trinajstić information content (AvgIpc) is 2.55. The Morgan fingerprint density at radius 1 is 1.33 bits per heavy atom. The number of aromatic nitrogens is 1. The lowest BCUT2D eigenvalue weighted by atomic mass is 10.1. The zero-order chi connectivity index (χ0) is 17.1. The van der Waals surface area contributed by atoms with E-state index in [0.717, 1.165) is 18.8 Å². The number of para-hydroxylation sites is 1. The maximum atomic E-state index is 11.4. The summed E-state index contributed by atoms with van der Waals surface area (Å²) in [5.74, 6) is 0.469. The summed E-state index contributed by atoms with van der Waals surface area (Å²) in [6, 6.07) is 10.7. The predicted molar refractivity (Wildman–Crippen MR) is 91.3 cm³/mol. The molecule has 1 aliphatic heterocycles. The smallest absolute Gasteiger partial charge is 0.296 e. The van der Waals surface area contributed by atoms with Gasteiger partial charge in [-0.1, -0.05) is 12.1 Å². The van der Waals surface area contributed by atoms with E-state index >= 15 is 0 Å². The van der Waals surface area contributed by atoms with Crippen LogP contribution in [0.2, 0.25) is 0 Å².